The van der Waals surface area contributed by atoms with Crippen LogP contribution >= 0.6 is 0 Å². The third-order valence-electron chi connectivity index (χ3n) is 3.93. The molecule has 0 fully saturated rings. The first-order valence-corrected chi connectivity index (χ1v) is 8.32. The Hall–Kier alpha value is -3.09. The van der Waals surface area contributed by atoms with Gasteiger partial charge in [-0.1, -0.05) is 12.1 Å². The summed E-state index contributed by atoms with van der Waals surface area (Å²) in [5.41, 5.74) is 3.53. The van der Waals surface area contributed by atoms with E-state index in [1.54, 1.807) is 18.3 Å². The van der Waals surface area contributed by atoms with Gasteiger partial charge in [-0.15, -0.1) is 13.2 Å². The first-order chi connectivity index (χ1) is 12.8. The Balaban J connectivity index is 1.66. The van der Waals surface area contributed by atoms with E-state index in [-0.39, 0.29) is 11.8 Å². The topological polar surface area (TPSA) is 47.0 Å². The van der Waals surface area contributed by atoms with E-state index in [1.165, 1.54) is 12.1 Å². The Kier molecular flexibility index (Phi) is 5.30. The molecule has 0 spiro atoms. The Morgan fingerprint density at radius 3 is 2.22 bits per heavy atom. The number of anilines is 1. The predicted octanol–water partition coefficient (Wildman–Crippen LogP) is 5.52. The van der Waals surface area contributed by atoms with Crippen LogP contribution in [0.5, 0.6) is 5.75 Å². The van der Waals surface area contributed by atoms with Gasteiger partial charge in [0.2, 0.25) is 0 Å². The zero-order valence-corrected chi connectivity index (χ0v) is 14.8. The first-order valence-electron chi connectivity index (χ1n) is 8.32. The van der Waals surface area contributed by atoms with Crippen molar-refractivity contribution >= 4 is 5.69 Å². The van der Waals surface area contributed by atoms with E-state index in [1.807, 2.05) is 44.2 Å². The van der Waals surface area contributed by atoms with Crippen molar-refractivity contribution in [2.75, 3.05) is 5.32 Å². The molecule has 3 aromatic rings. The third-order valence-corrected chi connectivity index (χ3v) is 3.93. The number of benzene rings is 2. The van der Waals surface area contributed by atoms with Gasteiger partial charge in [0.15, 0.2) is 5.82 Å². The summed E-state index contributed by atoms with van der Waals surface area (Å²) in [5.74, 6) is 0.427. The molecular formula is C20H18F3N3O. The Morgan fingerprint density at radius 2 is 1.63 bits per heavy atom. The van der Waals surface area contributed by atoms with Crippen molar-refractivity contribution in [2.24, 2.45) is 0 Å². The quantitative estimate of drug-likeness (QED) is 0.639. The lowest BCUT2D eigenvalue weighted by molar-refractivity contribution is -0.274. The van der Waals surface area contributed by atoms with Crippen LogP contribution in [0.3, 0.4) is 0 Å². The molecule has 0 aliphatic carbocycles. The van der Waals surface area contributed by atoms with Gasteiger partial charge in [0.05, 0.1) is 0 Å². The van der Waals surface area contributed by atoms with Crippen LogP contribution in [0.1, 0.15) is 24.2 Å². The minimum absolute atomic E-state index is 0.0917. The molecule has 1 N–H and O–H groups in total. The van der Waals surface area contributed by atoms with Gasteiger partial charge in [-0.25, -0.2) is 9.97 Å². The second-order valence-electron chi connectivity index (χ2n) is 6.08. The number of nitrogens with zero attached hydrogens (tertiary/aromatic N) is 2. The summed E-state index contributed by atoms with van der Waals surface area (Å²) in [4.78, 5) is 8.65. The molecule has 0 radical (unpaired) electrons. The zero-order chi connectivity index (χ0) is 19.4. The van der Waals surface area contributed by atoms with Gasteiger partial charge in [0.1, 0.15) is 5.75 Å². The molecule has 4 nitrogen and oxygen atoms in total. The number of nitrogens with one attached hydrogen (secondary N) is 1. The molecule has 0 aliphatic heterocycles. The number of ether oxygens (including phenoxy) is 1. The van der Waals surface area contributed by atoms with Gasteiger partial charge in [-0.2, -0.15) is 0 Å². The lowest BCUT2D eigenvalue weighted by Gasteiger charge is -2.17. The summed E-state index contributed by atoms with van der Waals surface area (Å²) in [5, 5.41) is 3.31. The van der Waals surface area contributed by atoms with Gasteiger partial charge in [-0.3, -0.25) is 0 Å². The van der Waals surface area contributed by atoms with Gasteiger partial charge >= 0.3 is 6.36 Å². The summed E-state index contributed by atoms with van der Waals surface area (Å²) in [6, 6.07) is 15.2. The van der Waals surface area contributed by atoms with Crippen molar-refractivity contribution in [2.45, 2.75) is 26.3 Å². The third kappa shape index (κ3) is 5.20. The van der Waals surface area contributed by atoms with Gasteiger partial charge in [0, 0.05) is 29.2 Å². The van der Waals surface area contributed by atoms with Gasteiger partial charge in [0.25, 0.3) is 0 Å². The van der Waals surface area contributed by atoms with Gasteiger partial charge in [-0.05, 0) is 61.9 Å². The maximum Gasteiger partial charge on any atom is 0.573 e. The fourth-order valence-corrected chi connectivity index (χ4v) is 2.60. The van der Waals surface area contributed by atoms with Crippen molar-refractivity contribution < 1.29 is 17.9 Å². The zero-order valence-electron chi connectivity index (χ0n) is 14.8. The molecule has 2 aromatic carbocycles. The number of hydrogen-bond acceptors (Lipinski definition) is 4. The molecule has 1 atom stereocenters. The molecule has 3 rings (SSSR count). The molecule has 140 valence electrons. The van der Waals surface area contributed by atoms with E-state index in [4.69, 9.17) is 0 Å². The Labute approximate surface area is 155 Å². The molecular weight excluding hydrogens is 355 g/mol. The molecule has 27 heavy (non-hydrogen) atoms. The standard InChI is InChI=1S/C20H18F3N3O/c1-13-11-12-24-19(25-13)16-3-7-17(8-4-16)26-14(2)15-5-9-18(10-6-15)27-20(21,22)23/h3-12,14,26H,1-2H3/t14-/m0/s1. The molecule has 0 saturated heterocycles. The van der Waals surface area contributed by atoms with E-state index < -0.39 is 6.36 Å². The van der Waals surface area contributed by atoms with E-state index in [2.05, 4.69) is 20.0 Å². The minimum atomic E-state index is -4.69. The highest BCUT2D eigenvalue weighted by atomic mass is 19.4. The van der Waals surface area contributed by atoms with Crippen LogP contribution in [-0.4, -0.2) is 16.3 Å². The smallest absolute Gasteiger partial charge is 0.406 e. The average molecular weight is 373 g/mol. The molecule has 1 heterocycles. The number of aryl methyl sites for hydroxylation is 1. The highest BCUT2D eigenvalue weighted by Gasteiger charge is 2.31. The molecule has 0 unspecified atom stereocenters. The van der Waals surface area contributed by atoms with Crippen molar-refractivity contribution in [3.8, 4) is 17.1 Å². The molecule has 0 bridgehead atoms. The fourth-order valence-electron chi connectivity index (χ4n) is 2.60. The predicted molar refractivity (Wildman–Crippen MR) is 97.4 cm³/mol. The summed E-state index contributed by atoms with van der Waals surface area (Å²) in [6.07, 6.45) is -2.97. The van der Waals surface area contributed by atoms with E-state index in [0.29, 0.717) is 5.82 Å². The van der Waals surface area contributed by atoms with Crippen molar-refractivity contribution in [3.05, 3.63) is 72.1 Å². The normalized spacial score (nSPS) is 12.5. The van der Waals surface area contributed by atoms with E-state index in [9.17, 15) is 13.2 Å². The Bertz CT molecular complexity index is 894. The van der Waals surface area contributed by atoms with Crippen LogP contribution in [0, 0.1) is 6.92 Å². The maximum absolute atomic E-state index is 12.2. The molecule has 0 saturated carbocycles. The van der Waals surface area contributed by atoms with Crippen molar-refractivity contribution in [1.82, 2.24) is 9.97 Å². The lowest BCUT2D eigenvalue weighted by Crippen LogP contribution is -2.17. The fraction of sp³-hybridized carbons (Fsp3) is 0.200. The summed E-state index contributed by atoms with van der Waals surface area (Å²) in [6.45, 7) is 3.84. The maximum atomic E-state index is 12.2. The summed E-state index contributed by atoms with van der Waals surface area (Å²) >= 11 is 0. The number of hydrogen-bond donors (Lipinski definition) is 1. The summed E-state index contributed by atoms with van der Waals surface area (Å²) < 4.78 is 40.6. The lowest BCUT2D eigenvalue weighted by atomic mass is 10.1. The van der Waals surface area contributed by atoms with Crippen LogP contribution < -0.4 is 10.1 Å². The van der Waals surface area contributed by atoms with Crippen molar-refractivity contribution in [1.29, 1.82) is 0 Å². The van der Waals surface area contributed by atoms with Crippen LogP contribution in [0.4, 0.5) is 18.9 Å². The van der Waals surface area contributed by atoms with Crippen LogP contribution in [0.25, 0.3) is 11.4 Å². The second kappa shape index (κ2) is 7.65. The number of alkyl halides is 3. The Morgan fingerprint density at radius 1 is 0.963 bits per heavy atom. The van der Waals surface area contributed by atoms with E-state index >= 15 is 0 Å². The SMILES string of the molecule is Cc1ccnc(-c2ccc(N[C@@H](C)c3ccc(OC(F)(F)F)cc3)cc2)n1. The van der Waals surface area contributed by atoms with Gasteiger partial charge < -0.3 is 10.1 Å². The van der Waals surface area contributed by atoms with Crippen LogP contribution in [0.15, 0.2) is 60.8 Å². The minimum Gasteiger partial charge on any atom is -0.406 e. The molecule has 7 heteroatoms. The molecule has 0 aliphatic rings. The summed E-state index contributed by atoms with van der Waals surface area (Å²) in [7, 11) is 0. The second-order valence-corrected chi connectivity index (χ2v) is 6.08. The highest BCUT2D eigenvalue weighted by molar-refractivity contribution is 5.60. The first kappa shape index (κ1) is 18.7. The largest absolute Gasteiger partial charge is 0.573 e. The number of halogens is 3. The number of rotatable bonds is 5. The molecule has 1 aromatic heterocycles. The molecule has 0 amide bonds. The average Bonchev–Trinajstić information content (AvgIpc) is 2.61. The number of aromatic nitrogens is 2. The van der Waals surface area contributed by atoms with E-state index in [0.717, 1.165) is 22.5 Å². The monoisotopic (exact) mass is 373 g/mol. The highest BCUT2D eigenvalue weighted by Crippen LogP contribution is 2.26. The van der Waals surface area contributed by atoms with Crippen molar-refractivity contribution in [3.63, 3.8) is 0 Å². The van der Waals surface area contributed by atoms with Crippen LogP contribution in [-0.2, 0) is 0 Å². The van der Waals surface area contributed by atoms with Crippen LogP contribution in [0.2, 0.25) is 0 Å².